The zero-order chi connectivity index (χ0) is 11.5. The Hall–Kier alpha value is -0.840. The molecule has 0 radical (unpaired) electrons. The van der Waals surface area contributed by atoms with Gasteiger partial charge in [-0.05, 0) is 31.5 Å². The Morgan fingerprint density at radius 1 is 1.31 bits per heavy atom. The van der Waals surface area contributed by atoms with E-state index in [-0.39, 0.29) is 6.04 Å². The Labute approximate surface area is 104 Å². The predicted octanol–water partition coefficient (Wildman–Crippen LogP) is 3.62. The summed E-state index contributed by atoms with van der Waals surface area (Å²) in [4.78, 5) is 5.63. The maximum Gasteiger partial charge on any atom is 0.154 e. The molecule has 0 aliphatic rings. The third kappa shape index (κ3) is 2.84. The van der Waals surface area contributed by atoms with E-state index in [4.69, 9.17) is 5.73 Å². The lowest BCUT2D eigenvalue weighted by Gasteiger charge is -2.05. The number of thiazole rings is 1. The molecule has 1 aromatic carbocycles. The predicted molar refractivity (Wildman–Crippen MR) is 70.0 cm³/mol. The van der Waals surface area contributed by atoms with Gasteiger partial charge in [0.15, 0.2) is 4.34 Å². The van der Waals surface area contributed by atoms with Crippen molar-refractivity contribution in [1.29, 1.82) is 0 Å². The van der Waals surface area contributed by atoms with Gasteiger partial charge >= 0.3 is 0 Å². The van der Waals surface area contributed by atoms with Gasteiger partial charge in [-0.1, -0.05) is 23.9 Å². The molecule has 0 unspecified atom stereocenters. The van der Waals surface area contributed by atoms with Crippen LogP contribution < -0.4 is 5.73 Å². The van der Waals surface area contributed by atoms with E-state index in [1.807, 2.05) is 13.8 Å². The number of benzene rings is 1. The van der Waals surface area contributed by atoms with Crippen molar-refractivity contribution >= 4 is 23.1 Å². The molecule has 0 aliphatic carbocycles. The lowest BCUT2D eigenvalue weighted by Crippen LogP contribution is -2.04. The van der Waals surface area contributed by atoms with Crippen molar-refractivity contribution in [3.63, 3.8) is 0 Å². The molecule has 4 heteroatoms. The number of hydrogen-bond acceptors (Lipinski definition) is 4. The molecule has 0 amide bonds. The Morgan fingerprint density at radius 3 is 2.50 bits per heavy atom. The summed E-state index contributed by atoms with van der Waals surface area (Å²) in [6.45, 7) is 4.01. The van der Waals surface area contributed by atoms with Gasteiger partial charge in [-0.3, -0.25) is 0 Å². The molecule has 0 saturated carbocycles. The molecule has 2 rings (SSSR count). The fourth-order valence-corrected chi connectivity index (χ4v) is 3.13. The van der Waals surface area contributed by atoms with Crippen LogP contribution in [0.25, 0.3) is 0 Å². The molecule has 0 saturated heterocycles. The zero-order valence-corrected chi connectivity index (χ0v) is 10.9. The van der Waals surface area contributed by atoms with E-state index in [1.54, 1.807) is 23.1 Å². The second-order valence-electron chi connectivity index (χ2n) is 3.71. The lowest BCUT2D eigenvalue weighted by molar-refractivity contribution is 0.817. The zero-order valence-electron chi connectivity index (χ0n) is 9.31. The van der Waals surface area contributed by atoms with Crippen molar-refractivity contribution in [1.82, 2.24) is 4.98 Å². The Kier molecular flexibility index (Phi) is 3.63. The highest BCUT2D eigenvalue weighted by Crippen LogP contribution is 2.30. The van der Waals surface area contributed by atoms with E-state index in [2.05, 4.69) is 34.6 Å². The van der Waals surface area contributed by atoms with Gasteiger partial charge < -0.3 is 5.73 Å². The van der Waals surface area contributed by atoms with E-state index >= 15 is 0 Å². The highest BCUT2D eigenvalue weighted by Gasteiger charge is 2.03. The maximum atomic E-state index is 5.80. The second-order valence-corrected chi connectivity index (χ2v) is 5.89. The van der Waals surface area contributed by atoms with Crippen LogP contribution in [0.4, 0.5) is 0 Å². The van der Waals surface area contributed by atoms with E-state index in [0.717, 1.165) is 10.0 Å². The van der Waals surface area contributed by atoms with Crippen LogP contribution in [0.5, 0.6) is 0 Å². The van der Waals surface area contributed by atoms with Gasteiger partial charge in [0, 0.05) is 22.0 Å². The molecule has 1 aromatic heterocycles. The van der Waals surface area contributed by atoms with Gasteiger partial charge in [-0.15, -0.1) is 11.3 Å². The number of hydrogen-bond donors (Lipinski definition) is 1. The largest absolute Gasteiger partial charge is 0.324 e. The van der Waals surface area contributed by atoms with E-state index in [0.29, 0.717) is 0 Å². The molecule has 0 bridgehead atoms. The van der Waals surface area contributed by atoms with Crippen molar-refractivity contribution in [2.45, 2.75) is 29.1 Å². The molecule has 2 N–H and O–H groups in total. The number of nitrogens with zero attached hydrogens (tertiary/aromatic N) is 1. The molecular formula is C12H14N2S2. The molecule has 2 aromatic rings. The first kappa shape index (κ1) is 11.6. The summed E-state index contributed by atoms with van der Waals surface area (Å²) in [6.07, 6.45) is 0. The van der Waals surface area contributed by atoms with Crippen molar-refractivity contribution in [2.24, 2.45) is 5.73 Å². The normalized spacial score (nSPS) is 12.7. The minimum Gasteiger partial charge on any atom is -0.324 e. The lowest BCUT2D eigenvalue weighted by atomic mass is 10.1. The SMILES string of the molecule is Cc1csc(Sc2ccc([C@H](C)N)cc2)n1. The molecule has 16 heavy (non-hydrogen) atoms. The summed E-state index contributed by atoms with van der Waals surface area (Å²) >= 11 is 3.38. The summed E-state index contributed by atoms with van der Waals surface area (Å²) in [5.41, 5.74) is 8.05. The van der Waals surface area contributed by atoms with E-state index in [1.165, 1.54) is 10.5 Å². The number of aromatic nitrogens is 1. The van der Waals surface area contributed by atoms with Crippen molar-refractivity contribution in [3.8, 4) is 0 Å². The first-order valence-electron chi connectivity index (χ1n) is 5.10. The standard InChI is InChI=1S/C12H14N2S2/c1-8-7-15-12(14-8)16-11-5-3-10(4-6-11)9(2)13/h3-7,9H,13H2,1-2H3/t9-/m0/s1. The van der Waals surface area contributed by atoms with Gasteiger partial charge in [0.25, 0.3) is 0 Å². The van der Waals surface area contributed by atoms with Gasteiger partial charge in [0.05, 0.1) is 0 Å². The van der Waals surface area contributed by atoms with Crippen molar-refractivity contribution in [2.75, 3.05) is 0 Å². The third-order valence-electron chi connectivity index (χ3n) is 2.21. The molecule has 0 aliphatic heterocycles. The van der Waals surface area contributed by atoms with Crippen LogP contribution in [0.3, 0.4) is 0 Å². The van der Waals surface area contributed by atoms with Crippen LogP contribution in [0, 0.1) is 6.92 Å². The Balaban J connectivity index is 2.11. The molecule has 1 heterocycles. The van der Waals surface area contributed by atoms with Gasteiger partial charge in [0.2, 0.25) is 0 Å². The fourth-order valence-electron chi connectivity index (χ4n) is 1.32. The third-order valence-corrected chi connectivity index (χ3v) is 4.27. The molecule has 2 nitrogen and oxygen atoms in total. The van der Waals surface area contributed by atoms with Crippen LogP contribution in [0.1, 0.15) is 24.2 Å². The average molecular weight is 250 g/mol. The van der Waals surface area contributed by atoms with Gasteiger partial charge in [0.1, 0.15) is 0 Å². The van der Waals surface area contributed by atoms with Crippen molar-refractivity contribution < 1.29 is 0 Å². The Morgan fingerprint density at radius 2 is 2.00 bits per heavy atom. The highest BCUT2D eigenvalue weighted by atomic mass is 32.2. The molecule has 84 valence electrons. The number of aryl methyl sites for hydroxylation is 1. The molecule has 0 spiro atoms. The Bertz CT molecular complexity index is 460. The summed E-state index contributed by atoms with van der Waals surface area (Å²) in [7, 11) is 0. The quantitative estimate of drug-likeness (QED) is 0.904. The molecule has 1 atom stereocenters. The van der Waals surface area contributed by atoms with E-state index < -0.39 is 0 Å². The van der Waals surface area contributed by atoms with Crippen LogP contribution in [-0.4, -0.2) is 4.98 Å². The topological polar surface area (TPSA) is 38.9 Å². The average Bonchev–Trinajstić information content (AvgIpc) is 2.65. The van der Waals surface area contributed by atoms with Gasteiger partial charge in [-0.25, -0.2) is 4.98 Å². The summed E-state index contributed by atoms with van der Waals surface area (Å²) in [5, 5.41) is 2.07. The fraction of sp³-hybridized carbons (Fsp3) is 0.250. The number of nitrogens with two attached hydrogens (primary N) is 1. The van der Waals surface area contributed by atoms with Crippen LogP contribution in [-0.2, 0) is 0 Å². The molecular weight excluding hydrogens is 236 g/mol. The smallest absolute Gasteiger partial charge is 0.154 e. The number of rotatable bonds is 3. The second kappa shape index (κ2) is 4.99. The monoisotopic (exact) mass is 250 g/mol. The van der Waals surface area contributed by atoms with Crippen LogP contribution in [0.2, 0.25) is 0 Å². The minimum absolute atomic E-state index is 0.0983. The maximum absolute atomic E-state index is 5.80. The van der Waals surface area contributed by atoms with Crippen molar-refractivity contribution in [3.05, 3.63) is 40.9 Å². The first-order valence-corrected chi connectivity index (χ1v) is 6.80. The minimum atomic E-state index is 0.0983. The van der Waals surface area contributed by atoms with Gasteiger partial charge in [-0.2, -0.15) is 0 Å². The summed E-state index contributed by atoms with van der Waals surface area (Å²) in [5.74, 6) is 0. The van der Waals surface area contributed by atoms with E-state index in [9.17, 15) is 0 Å². The summed E-state index contributed by atoms with van der Waals surface area (Å²) < 4.78 is 1.09. The van der Waals surface area contributed by atoms with Crippen LogP contribution >= 0.6 is 23.1 Å². The summed E-state index contributed by atoms with van der Waals surface area (Å²) in [6, 6.07) is 8.45. The first-order chi connectivity index (χ1) is 7.65. The van der Waals surface area contributed by atoms with Crippen LogP contribution in [0.15, 0.2) is 38.9 Å². The highest BCUT2D eigenvalue weighted by molar-refractivity contribution is 8.01. The molecule has 0 fully saturated rings.